The van der Waals surface area contributed by atoms with Crippen molar-refractivity contribution in [2.45, 2.75) is 26.2 Å². The van der Waals surface area contributed by atoms with E-state index < -0.39 is 0 Å². The third-order valence-electron chi connectivity index (χ3n) is 4.08. The number of hydrogen-bond acceptors (Lipinski definition) is 2. The Kier molecular flexibility index (Phi) is 3.08. The molecule has 2 aromatic rings. The van der Waals surface area contributed by atoms with E-state index in [-0.39, 0.29) is 0 Å². The molecule has 1 atom stereocenters. The van der Waals surface area contributed by atoms with E-state index in [1.807, 2.05) is 0 Å². The van der Waals surface area contributed by atoms with Crippen molar-refractivity contribution in [2.75, 3.05) is 13.1 Å². The molecule has 1 fully saturated rings. The van der Waals surface area contributed by atoms with Gasteiger partial charge >= 0.3 is 0 Å². The standard InChI is InChI=1S/C15H21N3/c1-3-11-4-5-14-13(8-11)17-15(18(14)2)9-12-6-7-16-10-12/h4-5,8,12,16H,3,6-7,9-10H2,1-2H3. The topological polar surface area (TPSA) is 29.9 Å². The van der Waals surface area contributed by atoms with Gasteiger partial charge in [-0.3, -0.25) is 0 Å². The smallest absolute Gasteiger partial charge is 0.109 e. The average Bonchev–Trinajstić information content (AvgIpc) is 2.99. The van der Waals surface area contributed by atoms with Crippen LogP contribution in [-0.4, -0.2) is 22.6 Å². The Morgan fingerprint density at radius 1 is 1.44 bits per heavy atom. The van der Waals surface area contributed by atoms with Crippen molar-refractivity contribution >= 4 is 11.0 Å². The summed E-state index contributed by atoms with van der Waals surface area (Å²) in [7, 11) is 2.14. The van der Waals surface area contributed by atoms with Crippen LogP contribution in [0.4, 0.5) is 0 Å². The normalized spacial score (nSPS) is 19.8. The zero-order chi connectivity index (χ0) is 12.5. The lowest BCUT2D eigenvalue weighted by Crippen LogP contribution is -2.12. The molecule has 3 heteroatoms. The summed E-state index contributed by atoms with van der Waals surface area (Å²) in [6.45, 7) is 4.49. The second kappa shape index (κ2) is 4.73. The summed E-state index contributed by atoms with van der Waals surface area (Å²) in [6, 6.07) is 6.65. The molecule has 1 aromatic heterocycles. The number of rotatable bonds is 3. The molecular formula is C15H21N3. The third-order valence-corrected chi connectivity index (χ3v) is 4.08. The highest BCUT2D eigenvalue weighted by Gasteiger charge is 2.18. The maximum atomic E-state index is 4.82. The van der Waals surface area contributed by atoms with Crippen molar-refractivity contribution in [3.8, 4) is 0 Å². The Bertz CT molecular complexity index is 550. The van der Waals surface area contributed by atoms with Gasteiger partial charge in [-0.1, -0.05) is 13.0 Å². The molecule has 1 saturated heterocycles. The van der Waals surface area contributed by atoms with Crippen LogP contribution < -0.4 is 5.32 Å². The van der Waals surface area contributed by atoms with Crippen molar-refractivity contribution in [3.05, 3.63) is 29.6 Å². The molecule has 0 amide bonds. The maximum absolute atomic E-state index is 4.82. The molecule has 0 bridgehead atoms. The quantitative estimate of drug-likeness (QED) is 0.896. The molecule has 1 aliphatic rings. The first-order chi connectivity index (χ1) is 8.78. The highest BCUT2D eigenvalue weighted by molar-refractivity contribution is 5.76. The number of nitrogens with zero attached hydrogens (tertiary/aromatic N) is 2. The van der Waals surface area contributed by atoms with Gasteiger partial charge in [0.25, 0.3) is 0 Å². The van der Waals surface area contributed by atoms with Crippen LogP contribution in [0, 0.1) is 5.92 Å². The van der Waals surface area contributed by atoms with Gasteiger partial charge < -0.3 is 9.88 Å². The summed E-state index contributed by atoms with van der Waals surface area (Å²) in [4.78, 5) is 4.82. The van der Waals surface area contributed by atoms with E-state index in [4.69, 9.17) is 4.98 Å². The first kappa shape index (κ1) is 11.7. The molecule has 0 aliphatic carbocycles. The first-order valence-electron chi connectivity index (χ1n) is 6.93. The van der Waals surface area contributed by atoms with Crippen molar-refractivity contribution in [2.24, 2.45) is 13.0 Å². The zero-order valence-electron chi connectivity index (χ0n) is 11.2. The van der Waals surface area contributed by atoms with Crippen LogP contribution in [0.1, 0.15) is 24.7 Å². The van der Waals surface area contributed by atoms with Crippen molar-refractivity contribution < 1.29 is 0 Å². The van der Waals surface area contributed by atoms with E-state index in [0.29, 0.717) is 0 Å². The fourth-order valence-electron chi connectivity index (χ4n) is 2.84. The fraction of sp³-hybridized carbons (Fsp3) is 0.533. The van der Waals surface area contributed by atoms with Crippen LogP contribution in [0.5, 0.6) is 0 Å². The van der Waals surface area contributed by atoms with Crippen LogP contribution >= 0.6 is 0 Å². The monoisotopic (exact) mass is 243 g/mol. The fourth-order valence-corrected chi connectivity index (χ4v) is 2.84. The first-order valence-corrected chi connectivity index (χ1v) is 6.93. The lowest BCUT2D eigenvalue weighted by molar-refractivity contribution is 0.552. The van der Waals surface area contributed by atoms with Crippen molar-refractivity contribution in [3.63, 3.8) is 0 Å². The minimum absolute atomic E-state index is 0.756. The van der Waals surface area contributed by atoms with Crippen molar-refractivity contribution in [1.82, 2.24) is 14.9 Å². The Morgan fingerprint density at radius 2 is 2.33 bits per heavy atom. The largest absolute Gasteiger partial charge is 0.331 e. The molecule has 2 heterocycles. The number of hydrogen-bond donors (Lipinski definition) is 1. The maximum Gasteiger partial charge on any atom is 0.109 e. The van der Waals surface area contributed by atoms with E-state index in [1.165, 1.54) is 23.3 Å². The minimum atomic E-state index is 0.756. The highest BCUT2D eigenvalue weighted by atomic mass is 15.1. The highest BCUT2D eigenvalue weighted by Crippen LogP contribution is 2.20. The Balaban J connectivity index is 1.94. The van der Waals surface area contributed by atoms with E-state index in [2.05, 4.69) is 42.1 Å². The molecular weight excluding hydrogens is 222 g/mol. The van der Waals surface area contributed by atoms with E-state index >= 15 is 0 Å². The molecule has 3 nitrogen and oxygen atoms in total. The van der Waals surface area contributed by atoms with Crippen LogP contribution in [0.25, 0.3) is 11.0 Å². The van der Waals surface area contributed by atoms with E-state index in [1.54, 1.807) is 0 Å². The number of aromatic nitrogens is 2. The second-order valence-electron chi connectivity index (χ2n) is 5.33. The predicted octanol–water partition coefficient (Wildman–Crippen LogP) is 2.29. The third kappa shape index (κ3) is 2.03. The minimum Gasteiger partial charge on any atom is -0.331 e. The van der Waals surface area contributed by atoms with E-state index in [0.717, 1.165) is 37.4 Å². The Hall–Kier alpha value is -1.35. The Morgan fingerprint density at radius 3 is 3.06 bits per heavy atom. The van der Waals surface area contributed by atoms with Gasteiger partial charge in [-0.15, -0.1) is 0 Å². The summed E-state index contributed by atoms with van der Waals surface area (Å²) in [5.74, 6) is 1.98. The van der Waals surface area contributed by atoms with Crippen LogP contribution in [-0.2, 0) is 19.9 Å². The van der Waals surface area contributed by atoms with Gasteiger partial charge in [0.05, 0.1) is 11.0 Å². The SMILES string of the molecule is CCc1ccc2c(c1)nc(CC1CCNC1)n2C. The summed E-state index contributed by atoms with van der Waals surface area (Å²) in [6.07, 6.45) is 3.46. The zero-order valence-corrected chi connectivity index (χ0v) is 11.2. The number of aryl methyl sites for hydroxylation is 2. The van der Waals surface area contributed by atoms with E-state index in [9.17, 15) is 0 Å². The van der Waals surface area contributed by atoms with Crippen LogP contribution in [0.2, 0.25) is 0 Å². The van der Waals surface area contributed by atoms with Gasteiger partial charge in [-0.2, -0.15) is 0 Å². The summed E-state index contributed by atoms with van der Waals surface area (Å²) in [5, 5.41) is 3.43. The number of fused-ring (bicyclic) bond motifs is 1. The van der Waals surface area contributed by atoms with Gasteiger partial charge in [0.2, 0.25) is 0 Å². The molecule has 3 rings (SSSR count). The van der Waals surface area contributed by atoms with Gasteiger partial charge in [0.15, 0.2) is 0 Å². The lowest BCUT2D eigenvalue weighted by Gasteiger charge is -2.07. The molecule has 1 N–H and O–H groups in total. The van der Waals surface area contributed by atoms with Gasteiger partial charge in [0, 0.05) is 13.5 Å². The summed E-state index contributed by atoms with van der Waals surface area (Å²) < 4.78 is 2.26. The predicted molar refractivity (Wildman–Crippen MR) is 74.8 cm³/mol. The summed E-state index contributed by atoms with van der Waals surface area (Å²) in [5.41, 5.74) is 3.78. The lowest BCUT2D eigenvalue weighted by atomic mass is 10.0. The second-order valence-corrected chi connectivity index (χ2v) is 5.33. The molecule has 18 heavy (non-hydrogen) atoms. The number of imidazole rings is 1. The van der Waals surface area contributed by atoms with Gasteiger partial charge in [-0.05, 0) is 49.5 Å². The number of nitrogens with one attached hydrogen (secondary N) is 1. The number of benzene rings is 1. The summed E-state index contributed by atoms with van der Waals surface area (Å²) >= 11 is 0. The molecule has 0 saturated carbocycles. The average molecular weight is 243 g/mol. The molecule has 0 spiro atoms. The Labute approximate surface area is 108 Å². The van der Waals surface area contributed by atoms with Crippen LogP contribution in [0.15, 0.2) is 18.2 Å². The molecule has 0 radical (unpaired) electrons. The van der Waals surface area contributed by atoms with Crippen molar-refractivity contribution in [1.29, 1.82) is 0 Å². The molecule has 96 valence electrons. The molecule has 1 unspecified atom stereocenters. The van der Waals surface area contributed by atoms with Gasteiger partial charge in [0.1, 0.15) is 5.82 Å². The molecule has 1 aliphatic heterocycles. The van der Waals surface area contributed by atoms with Gasteiger partial charge in [-0.25, -0.2) is 4.98 Å². The van der Waals surface area contributed by atoms with Crippen LogP contribution in [0.3, 0.4) is 0 Å². The molecule has 1 aromatic carbocycles.